The number of aromatic nitrogens is 2. The van der Waals surface area contributed by atoms with Crippen LogP contribution in [0.25, 0.3) is 11.4 Å². The molecule has 0 atom stereocenters. The normalized spacial score (nSPS) is 18.5. The molecule has 2 aromatic rings. The van der Waals surface area contributed by atoms with Crippen LogP contribution >= 0.6 is 0 Å². The van der Waals surface area contributed by atoms with Crippen LogP contribution in [0, 0.1) is 11.8 Å². The monoisotopic (exact) mass is 448 g/mol. The Balaban J connectivity index is 1.31. The molecule has 1 fully saturated rings. The first kappa shape index (κ1) is 25.9. The van der Waals surface area contributed by atoms with Crippen LogP contribution in [0.5, 0.6) is 0 Å². The second-order valence-corrected chi connectivity index (χ2v) is 10.6. The van der Waals surface area contributed by atoms with E-state index in [1.165, 1.54) is 114 Å². The van der Waals surface area contributed by atoms with Gasteiger partial charge in [0.2, 0.25) is 0 Å². The molecule has 0 spiro atoms. The molecule has 1 aliphatic carbocycles. The summed E-state index contributed by atoms with van der Waals surface area (Å²) in [4.78, 5) is 9.24. The molecule has 1 heterocycles. The lowest BCUT2D eigenvalue weighted by molar-refractivity contribution is 0.245. The maximum absolute atomic E-state index is 4.62. The quantitative estimate of drug-likeness (QED) is 0.254. The Labute approximate surface area is 204 Å². The Bertz CT molecular complexity index is 741. The molecule has 3 rings (SSSR count). The number of hydrogen-bond acceptors (Lipinski definition) is 2. The van der Waals surface area contributed by atoms with Crippen molar-refractivity contribution < 1.29 is 0 Å². The van der Waals surface area contributed by atoms with E-state index in [0.717, 1.165) is 29.6 Å². The Morgan fingerprint density at radius 1 is 0.606 bits per heavy atom. The van der Waals surface area contributed by atoms with Crippen molar-refractivity contribution in [1.29, 1.82) is 0 Å². The van der Waals surface area contributed by atoms with Crippen molar-refractivity contribution in [2.75, 3.05) is 0 Å². The van der Waals surface area contributed by atoms with Crippen molar-refractivity contribution in [1.82, 2.24) is 9.97 Å². The van der Waals surface area contributed by atoms with E-state index in [1.807, 2.05) is 12.4 Å². The number of unbranched alkanes of at least 4 members (excludes halogenated alkanes) is 6. The zero-order valence-electron chi connectivity index (χ0n) is 21.5. The van der Waals surface area contributed by atoms with Gasteiger partial charge in [0.05, 0.1) is 0 Å². The van der Waals surface area contributed by atoms with E-state index in [4.69, 9.17) is 0 Å². The van der Waals surface area contributed by atoms with Gasteiger partial charge in [0.1, 0.15) is 0 Å². The number of aryl methyl sites for hydroxylation is 2. The van der Waals surface area contributed by atoms with Crippen molar-refractivity contribution in [2.45, 2.75) is 123 Å². The maximum atomic E-state index is 4.62. The molecule has 1 aromatic carbocycles. The van der Waals surface area contributed by atoms with Crippen LogP contribution in [0.4, 0.5) is 0 Å². The minimum Gasteiger partial charge on any atom is -0.236 e. The summed E-state index contributed by atoms with van der Waals surface area (Å²) in [6.07, 6.45) is 27.3. The van der Waals surface area contributed by atoms with Gasteiger partial charge in [0, 0.05) is 18.0 Å². The van der Waals surface area contributed by atoms with Gasteiger partial charge in [0.15, 0.2) is 5.82 Å². The third kappa shape index (κ3) is 9.59. The van der Waals surface area contributed by atoms with E-state index >= 15 is 0 Å². The fraction of sp³-hybridized carbons (Fsp3) is 0.677. The van der Waals surface area contributed by atoms with Crippen molar-refractivity contribution in [2.24, 2.45) is 11.8 Å². The third-order valence-electron chi connectivity index (χ3n) is 7.75. The summed E-state index contributed by atoms with van der Waals surface area (Å²) in [6, 6.07) is 8.95. The zero-order chi connectivity index (χ0) is 23.1. The third-order valence-corrected chi connectivity index (χ3v) is 7.75. The van der Waals surface area contributed by atoms with Gasteiger partial charge in [-0.2, -0.15) is 0 Å². The van der Waals surface area contributed by atoms with Crippen LogP contribution in [0.15, 0.2) is 36.7 Å². The van der Waals surface area contributed by atoms with E-state index in [1.54, 1.807) is 0 Å². The molecule has 2 heteroatoms. The standard InChI is InChI=1S/C31H48N2/c1-3-5-7-9-15-29-24-32-31(33-25-29)30-22-20-28(21-23-30)14-11-10-13-27-18-16-26(17-19-27)12-8-6-4-2/h20-27H,3-19H2,1-2H3. The second-order valence-electron chi connectivity index (χ2n) is 10.6. The Morgan fingerprint density at radius 3 is 1.73 bits per heavy atom. The molecule has 33 heavy (non-hydrogen) atoms. The number of rotatable bonds is 15. The molecule has 182 valence electrons. The van der Waals surface area contributed by atoms with Crippen molar-refractivity contribution >= 4 is 0 Å². The zero-order valence-corrected chi connectivity index (χ0v) is 21.5. The molecule has 0 N–H and O–H groups in total. The van der Waals surface area contributed by atoms with E-state index < -0.39 is 0 Å². The van der Waals surface area contributed by atoms with E-state index in [-0.39, 0.29) is 0 Å². The highest BCUT2D eigenvalue weighted by molar-refractivity contribution is 5.55. The van der Waals surface area contributed by atoms with Crippen molar-refractivity contribution in [3.05, 3.63) is 47.8 Å². The predicted molar refractivity (Wildman–Crippen MR) is 142 cm³/mol. The lowest BCUT2D eigenvalue weighted by atomic mass is 9.78. The predicted octanol–water partition coefficient (Wildman–Crippen LogP) is 9.37. The summed E-state index contributed by atoms with van der Waals surface area (Å²) < 4.78 is 0. The first-order valence-electron chi connectivity index (χ1n) is 14.2. The van der Waals surface area contributed by atoms with E-state index in [2.05, 4.69) is 48.1 Å². The van der Waals surface area contributed by atoms with Crippen LogP contribution < -0.4 is 0 Å². The molecule has 0 aliphatic heterocycles. The molecular weight excluding hydrogens is 400 g/mol. The first-order valence-corrected chi connectivity index (χ1v) is 14.2. The van der Waals surface area contributed by atoms with E-state index in [9.17, 15) is 0 Å². The summed E-state index contributed by atoms with van der Waals surface area (Å²) in [7, 11) is 0. The Hall–Kier alpha value is -1.70. The Kier molecular flexibility index (Phi) is 12.0. The highest BCUT2D eigenvalue weighted by Gasteiger charge is 2.20. The minimum absolute atomic E-state index is 0.851. The lowest BCUT2D eigenvalue weighted by Crippen LogP contribution is -2.14. The highest BCUT2D eigenvalue weighted by Crippen LogP contribution is 2.34. The van der Waals surface area contributed by atoms with Crippen molar-refractivity contribution in [3.8, 4) is 11.4 Å². The second kappa shape index (κ2) is 15.3. The van der Waals surface area contributed by atoms with Crippen LogP contribution in [0.3, 0.4) is 0 Å². The fourth-order valence-electron chi connectivity index (χ4n) is 5.46. The molecule has 0 amide bonds. The average molecular weight is 449 g/mol. The van der Waals surface area contributed by atoms with Crippen molar-refractivity contribution in [3.63, 3.8) is 0 Å². The van der Waals surface area contributed by atoms with Gasteiger partial charge in [-0.15, -0.1) is 0 Å². The smallest absolute Gasteiger partial charge is 0.159 e. The minimum atomic E-state index is 0.851. The molecule has 0 radical (unpaired) electrons. The largest absolute Gasteiger partial charge is 0.236 e. The molecule has 1 aromatic heterocycles. The van der Waals surface area contributed by atoms with Gasteiger partial charge in [0.25, 0.3) is 0 Å². The van der Waals surface area contributed by atoms with E-state index in [0.29, 0.717) is 0 Å². The molecule has 1 aliphatic rings. The van der Waals surface area contributed by atoms with Gasteiger partial charge in [-0.25, -0.2) is 9.97 Å². The first-order chi connectivity index (χ1) is 16.3. The van der Waals surface area contributed by atoms with Gasteiger partial charge < -0.3 is 0 Å². The summed E-state index contributed by atoms with van der Waals surface area (Å²) in [5.74, 6) is 2.89. The number of hydrogen-bond donors (Lipinski definition) is 0. The fourth-order valence-corrected chi connectivity index (χ4v) is 5.46. The topological polar surface area (TPSA) is 25.8 Å². The summed E-state index contributed by atoms with van der Waals surface area (Å²) in [6.45, 7) is 4.57. The highest BCUT2D eigenvalue weighted by atomic mass is 14.9. The van der Waals surface area contributed by atoms with Crippen LogP contribution in [-0.2, 0) is 12.8 Å². The summed E-state index contributed by atoms with van der Waals surface area (Å²) in [5, 5.41) is 0. The summed E-state index contributed by atoms with van der Waals surface area (Å²) >= 11 is 0. The van der Waals surface area contributed by atoms with Crippen LogP contribution in [0.1, 0.15) is 121 Å². The average Bonchev–Trinajstić information content (AvgIpc) is 2.86. The molecule has 0 saturated heterocycles. The molecule has 1 saturated carbocycles. The van der Waals surface area contributed by atoms with Gasteiger partial charge in [-0.3, -0.25) is 0 Å². The van der Waals surface area contributed by atoms with Crippen LogP contribution in [-0.4, -0.2) is 9.97 Å². The number of benzene rings is 1. The Morgan fingerprint density at radius 2 is 1.12 bits per heavy atom. The maximum Gasteiger partial charge on any atom is 0.159 e. The van der Waals surface area contributed by atoms with Gasteiger partial charge in [-0.05, 0) is 48.6 Å². The summed E-state index contributed by atoms with van der Waals surface area (Å²) in [5.41, 5.74) is 3.84. The van der Waals surface area contributed by atoms with Gasteiger partial charge >= 0.3 is 0 Å². The molecule has 2 nitrogen and oxygen atoms in total. The molecule has 0 bridgehead atoms. The SMILES string of the molecule is CCCCCCc1cnc(-c2ccc(CCCCC3CCC(CCCCC)CC3)cc2)nc1. The van der Waals surface area contributed by atoms with Crippen LogP contribution in [0.2, 0.25) is 0 Å². The van der Waals surface area contributed by atoms with Gasteiger partial charge in [-0.1, -0.05) is 122 Å². The molecular formula is C31H48N2. The number of nitrogens with zero attached hydrogens (tertiary/aromatic N) is 2. The molecule has 0 unspecified atom stereocenters. The lowest BCUT2D eigenvalue weighted by Gasteiger charge is -2.28.